The van der Waals surface area contributed by atoms with Crippen LogP contribution in [0, 0.1) is 6.92 Å². The smallest absolute Gasteiger partial charge is 0.308 e. The highest BCUT2D eigenvalue weighted by molar-refractivity contribution is 7.99. The predicted octanol–water partition coefficient (Wildman–Crippen LogP) is 4.20. The van der Waals surface area contributed by atoms with Crippen LogP contribution < -0.4 is 10.2 Å². The van der Waals surface area contributed by atoms with Gasteiger partial charge in [0.25, 0.3) is 5.91 Å². The van der Waals surface area contributed by atoms with Crippen molar-refractivity contribution in [1.29, 1.82) is 0 Å². The molecule has 4 aromatic rings. The third-order valence-corrected chi connectivity index (χ3v) is 6.01. The molecule has 4 rings (SSSR count). The molecule has 0 aliphatic rings. The molecule has 0 fully saturated rings. The molecule has 36 heavy (non-hydrogen) atoms. The Morgan fingerprint density at radius 2 is 1.67 bits per heavy atom. The second kappa shape index (κ2) is 11.4. The van der Waals surface area contributed by atoms with Crippen molar-refractivity contribution in [1.82, 2.24) is 25.2 Å². The second-order valence-electron chi connectivity index (χ2n) is 7.85. The molecular weight excluding hydrogens is 476 g/mol. The molecule has 0 unspecified atom stereocenters. The fourth-order valence-corrected chi connectivity index (χ4v) is 4.03. The van der Waals surface area contributed by atoms with E-state index in [4.69, 9.17) is 4.74 Å². The van der Waals surface area contributed by atoms with Gasteiger partial charge >= 0.3 is 5.97 Å². The normalized spacial score (nSPS) is 11.2. The molecule has 0 spiro atoms. The van der Waals surface area contributed by atoms with Gasteiger partial charge in [0, 0.05) is 30.6 Å². The average molecular weight is 501 g/mol. The second-order valence-corrected chi connectivity index (χ2v) is 8.79. The van der Waals surface area contributed by atoms with Crippen molar-refractivity contribution >= 4 is 29.4 Å². The molecule has 1 N–H and O–H groups in total. The lowest BCUT2D eigenvalue weighted by atomic mass is 10.1. The zero-order valence-electron chi connectivity index (χ0n) is 20.0. The van der Waals surface area contributed by atoms with Crippen LogP contribution in [0.1, 0.15) is 25.0 Å². The van der Waals surface area contributed by atoms with Crippen LogP contribution in [0.15, 0.2) is 83.3 Å². The van der Waals surface area contributed by atoms with E-state index >= 15 is 0 Å². The van der Waals surface area contributed by atoms with Crippen LogP contribution in [0.3, 0.4) is 0 Å². The van der Waals surface area contributed by atoms with E-state index in [9.17, 15) is 9.59 Å². The summed E-state index contributed by atoms with van der Waals surface area (Å²) in [5, 5.41) is 13.5. The number of hydrazone groups is 1. The van der Waals surface area contributed by atoms with E-state index in [1.54, 1.807) is 43.6 Å². The highest BCUT2D eigenvalue weighted by atomic mass is 32.2. The lowest BCUT2D eigenvalue weighted by Crippen LogP contribution is -2.21. The number of nitrogens with zero attached hydrogens (tertiary/aromatic N) is 5. The van der Waals surface area contributed by atoms with Crippen molar-refractivity contribution in [2.45, 2.75) is 25.9 Å². The lowest BCUT2D eigenvalue weighted by Gasteiger charge is -2.10. The zero-order chi connectivity index (χ0) is 25.5. The number of carbonyl (C=O) groups is 2. The van der Waals surface area contributed by atoms with Gasteiger partial charge in [-0.05, 0) is 67.9 Å². The maximum absolute atomic E-state index is 12.5. The molecular formula is C26H24N6O3S. The fraction of sp³-hybridized carbons (Fsp3) is 0.154. The number of ether oxygens (including phenoxy) is 1. The number of thioether (sulfide) groups is 1. The first-order chi connectivity index (χ1) is 17.4. The summed E-state index contributed by atoms with van der Waals surface area (Å²) in [6.45, 7) is 5.15. The van der Waals surface area contributed by atoms with Crippen molar-refractivity contribution in [2.24, 2.45) is 5.10 Å². The summed E-state index contributed by atoms with van der Waals surface area (Å²) in [5.41, 5.74) is 6.89. The molecule has 2 aromatic heterocycles. The average Bonchev–Trinajstić information content (AvgIpc) is 3.31. The largest absolute Gasteiger partial charge is 0.427 e. The number of rotatable bonds is 8. The number of aryl methyl sites for hydroxylation is 1. The molecule has 0 bridgehead atoms. The van der Waals surface area contributed by atoms with Crippen molar-refractivity contribution in [3.05, 3.63) is 84.2 Å². The van der Waals surface area contributed by atoms with Gasteiger partial charge in [0.1, 0.15) is 5.75 Å². The Balaban J connectivity index is 1.46. The third kappa shape index (κ3) is 6.22. The number of hydrogen-bond donors (Lipinski definition) is 1. The summed E-state index contributed by atoms with van der Waals surface area (Å²) in [6.07, 6.45) is 3.40. The first-order valence-electron chi connectivity index (χ1n) is 11.1. The van der Waals surface area contributed by atoms with Gasteiger partial charge in [0.2, 0.25) is 0 Å². The SMILES string of the molecule is CC(=O)Oc1ccc(C(C)=NNC(=O)CSc2nnc(-c3ccncc3)n2-c2ccc(C)cc2)cc1. The molecule has 0 radical (unpaired) electrons. The minimum Gasteiger partial charge on any atom is -0.427 e. The summed E-state index contributed by atoms with van der Waals surface area (Å²) in [7, 11) is 0. The Morgan fingerprint density at radius 1 is 0.972 bits per heavy atom. The van der Waals surface area contributed by atoms with Gasteiger partial charge in [-0.2, -0.15) is 5.10 Å². The van der Waals surface area contributed by atoms with E-state index in [1.807, 2.05) is 47.9 Å². The van der Waals surface area contributed by atoms with Crippen LogP contribution in [-0.2, 0) is 9.59 Å². The number of benzene rings is 2. The number of amides is 1. The number of nitrogens with one attached hydrogen (secondary N) is 1. The van der Waals surface area contributed by atoms with E-state index in [0.717, 1.165) is 22.4 Å². The molecule has 1 amide bonds. The molecule has 10 heteroatoms. The molecule has 2 aromatic carbocycles. The predicted molar refractivity (Wildman–Crippen MR) is 138 cm³/mol. The maximum atomic E-state index is 12.5. The fourth-order valence-electron chi connectivity index (χ4n) is 3.28. The molecule has 9 nitrogen and oxygen atoms in total. The zero-order valence-corrected chi connectivity index (χ0v) is 20.8. The monoisotopic (exact) mass is 500 g/mol. The molecule has 2 heterocycles. The van der Waals surface area contributed by atoms with Crippen molar-refractivity contribution < 1.29 is 14.3 Å². The van der Waals surface area contributed by atoms with Gasteiger partial charge in [0.05, 0.1) is 11.5 Å². The van der Waals surface area contributed by atoms with Gasteiger partial charge in [-0.1, -0.05) is 29.5 Å². The van der Waals surface area contributed by atoms with Crippen molar-refractivity contribution in [3.63, 3.8) is 0 Å². The van der Waals surface area contributed by atoms with E-state index in [1.165, 1.54) is 18.7 Å². The highest BCUT2D eigenvalue weighted by Gasteiger charge is 2.17. The van der Waals surface area contributed by atoms with E-state index < -0.39 is 0 Å². The number of carbonyl (C=O) groups excluding carboxylic acids is 2. The first-order valence-corrected chi connectivity index (χ1v) is 12.1. The number of hydrogen-bond acceptors (Lipinski definition) is 8. The number of aromatic nitrogens is 4. The van der Waals surface area contributed by atoms with Gasteiger partial charge in [-0.25, -0.2) is 5.43 Å². The van der Waals surface area contributed by atoms with Crippen molar-refractivity contribution in [2.75, 3.05) is 5.75 Å². The van der Waals surface area contributed by atoms with Gasteiger partial charge in [-0.3, -0.25) is 19.1 Å². The van der Waals surface area contributed by atoms with Crippen LogP contribution in [0.25, 0.3) is 17.1 Å². The van der Waals surface area contributed by atoms with Crippen LogP contribution >= 0.6 is 11.8 Å². The topological polar surface area (TPSA) is 111 Å². The molecule has 0 atom stereocenters. The maximum Gasteiger partial charge on any atom is 0.308 e. The van der Waals surface area contributed by atoms with Gasteiger partial charge in [0.15, 0.2) is 11.0 Å². The Morgan fingerprint density at radius 3 is 2.33 bits per heavy atom. The quantitative estimate of drug-likeness (QED) is 0.127. The number of esters is 1. The Kier molecular flexibility index (Phi) is 7.86. The number of pyridine rings is 1. The van der Waals surface area contributed by atoms with E-state index in [2.05, 4.69) is 25.7 Å². The first kappa shape index (κ1) is 24.8. The minimum absolute atomic E-state index is 0.0997. The standard InChI is InChI=1S/C26H24N6O3S/c1-17-4-8-22(9-5-17)32-25(21-12-14-27-15-13-21)30-31-26(32)36-16-24(34)29-28-18(2)20-6-10-23(11-7-20)35-19(3)33/h4-15H,16H2,1-3H3,(H,29,34). The molecule has 182 valence electrons. The summed E-state index contributed by atoms with van der Waals surface area (Å²) in [5.74, 6) is 0.546. The van der Waals surface area contributed by atoms with Crippen LogP contribution in [-0.4, -0.2) is 43.1 Å². The van der Waals surface area contributed by atoms with Gasteiger partial charge in [-0.15, -0.1) is 10.2 Å². The van der Waals surface area contributed by atoms with E-state index in [0.29, 0.717) is 22.4 Å². The third-order valence-electron chi connectivity index (χ3n) is 5.08. The van der Waals surface area contributed by atoms with Crippen LogP contribution in [0.4, 0.5) is 0 Å². The highest BCUT2D eigenvalue weighted by Crippen LogP contribution is 2.27. The molecule has 0 aliphatic carbocycles. The Labute approximate surface area is 212 Å². The molecule has 0 aliphatic heterocycles. The summed E-state index contributed by atoms with van der Waals surface area (Å²) in [4.78, 5) is 27.7. The van der Waals surface area contributed by atoms with Crippen molar-refractivity contribution in [3.8, 4) is 22.8 Å². The molecule has 0 saturated carbocycles. The molecule has 0 saturated heterocycles. The van der Waals surface area contributed by atoms with Crippen LogP contribution in [0.2, 0.25) is 0 Å². The lowest BCUT2D eigenvalue weighted by molar-refractivity contribution is -0.131. The summed E-state index contributed by atoms with van der Waals surface area (Å²) >= 11 is 1.27. The van der Waals surface area contributed by atoms with Gasteiger partial charge < -0.3 is 4.74 Å². The summed E-state index contributed by atoms with van der Waals surface area (Å²) < 4.78 is 6.95. The van der Waals surface area contributed by atoms with E-state index in [-0.39, 0.29) is 17.6 Å². The minimum atomic E-state index is -0.385. The Hall–Kier alpha value is -4.31. The Bertz CT molecular complexity index is 1380. The summed E-state index contributed by atoms with van der Waals surface area (Å²) in [6, 6.07) is 18.6. The van der Waals surface area contributed by atoms with Crippen LogP contribution in [0.5, 0.6) is 5.75 Å².